The molecule has 0 spiro atoms. The standard InChI is InChI=1S/C9H16O4/c1-6(8(10)12-3)5-7(2)9(11)13-4/h6-7H,5H2,1-4H3/t6-,7-/m0/s1. The first kappa shape index (κ1) is 11.9. The highest BCUT2D eigenvalue weighted by molar-refractivity contribution is 5.75. The summed E-state index contributed by atoms with van der Waals surface area (Å²) in [5.74, 6) is -1.12. The summed E-state index contributed by atoms with van der Waals surface area (Å²) in [6.07, 6.45) is 0.458. The minimum Gasteiger partial charge on any atom is -0.469 e. The summed E-state index contributed by atoms with van der Waals surface area (Å²) in [7, 11) is 2.67. The van der Waals surface area contributed by atoms with Crippen molar-refractivity contribution in [3.05, 3.63) is 0 Å². The second-order valence-corrected chi connectivity index (χ2v) is 3.08. The highest BCUT2D eigenvalue weighted by atomic mass is 16.5. The SMILES string of the molecule is COC(=O)[C@@H](C)C[C@H](C)C(=O)OC. The average Bonchev–Trinajstić information content (AvgIpc) is 2.14. The lowest BCUT2D eigenvalue weighted by atomic mass is 9.98. The number of rotatable bonds is 4. The quantitative estimate of drug-likeness (QED) is 0.617. The molecular weight excluding hydrogens is 172 g/mol. The van der Waals surface area contributed by atoms with E-state index in [1.54, 1.807) is 13.8 Å². The van der Waals surface area contributed by atoms with Crippen molar-refractivity contribution in [2.24, 2.45) is 11.8 Å². The molecule has 76 valence electrons. The third-order valence-electron chi connectivity index (χ3n) is 1.91. The molecule has 0 unspecified atom stereocenters. The predicted molar refractivity (Wildman–Crippen MR) is 47.0 cm³/mol. The molecule has 0 fully saturated rings. The van der Waals surface area contributed by atoms with Crippen molar-refractivity contribution in [3.8, 4) is 0 Å². The van der Waals surface area contributed by atoms with Crippen LogP contribution in [0.3, 0.4) is 0 Å². The minimum absolute atomic E-state index is 0.265. The molecule has 0 aliphatic heterocycles. The molecule has 0 N–H and O–H groups in total. The van der Waals surface area contributed by atoms with Gasteiger partial charge in [-0.25, -0.2) is 0 Å². The lowest BCUT2D eigenvalue weighted by Gasteiger charge is -2.13. The van der Waals surface area contributed by atoms with Crippen LogP contribution in [0.1, 0.15) is 20.3 Å². The molecule has 0 aliphatic rings. The first-order chi connectivity index (χ1) is 6.02. The molecule has 0 bridgehead atoms. The van der Waals surface area contributed by atoms with Gasteiger partial charge in [-0.2, -0.15) is 0 Å². The van der Waals surface area contributed by atoms with Gasteiger partial charge in [0.2, 0.25) is 0 Å². The predicted octanol–water partition coefficient (Wildman–Crippen LogP) is 0.995. The van der Waals surface area contributed by atoms with Crippen molar-refractivity contribution in [2.45, 2.75) is 20.3 Å². The van der Waals surface area contributed by atoms with Gasteiger partial charge in [-0.15, -0.1) is 0 Å². The Bertz CT molecular complexity index is 168. The van der Waals surface area contributed by atoms with E-state index in [4.69, 9.17) is 0 Å². The van der Waals surface area contributed by atoms with Gasteiger partial charge in [0.15, 0.2) is 0 Å². The van der Waals surface area contributed by atoms with Crippen LogP contribution in [0.15, 0.2) is 0 Å². The molecule has 4 nitrogen and oxygen atoms in total. The van der Waals surface area contributed by atoms with Gasteiger partial charge in [-0.1, -0.05) is 13.8 Å². The average molecular weight is 188 g/mol. The van der Waals surface area contributed by atoms with Crippen molar-refractivity contribution >= 4 is 11.9 Å². The molecule has 0 radical (unpaired) electrons. The fourth-order valence-corrected chi connectivity index (χ4v) is 1.13. The molecule has 0 heterocycles. The number of methoxy groups -OCH3 is 2. The van der Waals surface area contributed by atoms with Gasteiger partial charge in [0.25, 0.3) is 0 Å². The number of carbonyl (C=O) groups excluding carboxylic acids is 2. The largest absolute Gasteiger partial charge is 0.469 e. The van der Waals surface area contributed by atoms with Crippen LogP contribution in [-0.2, 0) is 19.1 Å². The summed E-state index contributed by atoms with van der Waals surface area (Å²) < 4.78 is 9.07. The Morgan fingerprint density at radius 1 is 1.00 bits per heavy atom. The Morgan fingerprint density at radius 3 is 1.54 bits per heavy atom. The lowest BCUT2D eigenvalue weighted by Crippen LogP contribution is -2.21. The second-order valence-electron chi connectivity index (χ2n) is 3.08. The molecule has 0 aromatic rings. The van der Waals surface area contributed by atoms with Gasteiger partial charge in [0, 0.05) is 0 Å². The molecule has 0 aromatic carbocycles. The first-order valence-corrected chi connectivity index (χ1v) is 4.18. The molecule has 13 heavy (non-hydrogen) atoms. The van der Waals surface area contributed by atoms with E-state index >= 15 is 0 Å². The van der Waals surface area contributed by atoms with Crippen LogP contribution in [0.4, 0.5) is 0 Å². The van der Waals surface area contributed by atoms with Gasteiger partial charge in [0.05, 0.1) is 26.1 Å². The Hall–Kier alpha value is -1.06. The monoisotopic (exact) mass is 188 g/mol. The van der Waals surface area contributed by atoms with Gasteiger partial charge in [-0.05, 0) is 6.42 Å². The Balaban J connectivity index is 3.98. The van der Waals surface area contributed by atoms with Crippen LogP contribution < -0.4 is 0 Å². The van der Waals surface area contributed by atoms with E-state index in [2.05, 4.69) is 9.47 Å². The van der Waals surface area contributed by atoms with Crippen LogP contribution in [-0.4, -0.2) is 26.2 Å². The Labute approximate surface area is 78.2 Å². The molecule has 0 saturated carbocycles. The Kier molecular flexibility index (Phi) is 5.11. The third kappa shape index (κ3) is 3.92. The zero-order chi connectivity index (χ0) is 10.4. The number of esters is 2. The maximum absolute atomic E-state index is 11.0. The van der Waals surface area contributed by atoms with Gasteiger partial charge in [-0.3, -0.25) is 9.59 Å². The normalized spacial score (nSPS) is 14.5. The maximum atomic E-state index is 11.0. The van der Waals surface area contributed by atoms with Gasteiger partial charge < -0.3 is 9.47 Å². The third-order valence-corrected chi connectivity index (χ3v) is 1.91. The Morgan fingerprint density at radius 2 is 1.31 bits per heavy atom. The van der Waals surface area contributed by atoms with E-state index in [0.29, 0.717) is 6.42 Å². The smallest absolute Gasteiger partial charge is 0.308 e. The van der Waals surface area contributed by atoms with Crippen molar-refractivity contribution < 1.29 is 19.1 Å². The van der Waals surface area contributed by atoms with Crippen molar-refractivity contribution in [1.82, 2.24) is 0 Å². The summed E-state index contributed by atoms with van der Waals surface area (Å²) in [5, 5.41) is 0. The van der Waals surface area contributed by atoms with Crippen LogP contribution in [0.2, 0.25) is 0 Å². The van der Waals surface area contributed by atoms with Crippen LogP contribution in [0, 0.1) is 11.8 Å². The molecule has 0 amide bonds. The summed E-state index contributed by atoms with van der Waals surface area (Å²) in [6.45, 7) is 3.45. The van der Waals surface area contributed by atoms with E-state index in [9.17, 15) is 9.59 Å². The number of hydrogen-bond donors (Lipinski definition) is 0. The minimum atomic E-state index is -0.296. The zero-order valence-electron chi connectivity index (χ0n) is 8.49. The van der Waals surface area contributed by atoms with Crippen LogP contribution >= 0.6 is 0 Å². The fourth-order valence-electron chi connectivity index (χ4n) is 1.13. The van der Waals surface area contributed by atoms with Crippen LogP contribution in [0.25, 0.3) is 0 Å². The van der Waals surface area contributed by atoms with E-state index in [0.717, 1.165) is 0 Å². The van der Waals surface area contributed by atoms with Crippen molar-refractivity contribution in [3.63, 3.8) is 0 Å². The molecule has 4 heteroatoms. The lowest BCUT2D eigenvalue weighted by molar-refractivity contribution is -0.148. The van der Waals surface area contributed by atoms with Gasteiger partial charge in [0.1, 0.15) is 0 Å². The summed E-state index contributed by atoms with van der Waals surface area (Å²) in [6, 6.07) is 0. The highest BCUT2D eigenvalue weighted by Gasteiger charge is 2.21. The van der Waals surface area contributed by atoms with E-state index in [1.165, 1.54) is 14.2 Å². The second kappa shape index (κ2) is 5.56. The fraction of sp³-hybridized carbons (Fsp3) is 0.778. The van der Waals surface area contributed by atoms with E-state index in [-0.39, 0.29) is 23.8 Å². The summed E-state index contributed by atoms with van der Waals surface area (Å²) >= 11 is 0. The maximum Gasteiger partial charge on any atom is 0.308 e. The van der Waals surface area contributed by atoms with E-state index < -0.39 is 0 Å². The highest BCUT2D eigenvalue weighted by Crippen LogP contribution is 2.13. The number of ether oxygens (including phenoxy) is 2. The molecular formula is C9H16O4. The molecule has 0 aromatic heterocycles. The molecule has 0 aliphatic carbocycles. The van der Waals surface area contributed by atoms with Crippen molar-refractivity contribution in [1.29, 1.82) is 0 Å². The topological polar surface area (TPSA) is 52.6 Å². The number of hydrogen-bond acceptors (Lipinski definition) is 4. The molecule has 0 saturated heterocycles. The molecule has 2 atom stereocenters. The van der Waals surface area contributed by atoms with Crippen molar-refractivity contribution in [2.75, 3.05) is 14.2 Å². The van der Waals surface area contributed by atoms with E-state index in [1.807, 2.05) is 0 Å². The van der Waals surface area contributed by atoms with Gasteiger partial charge >= 0.3 is 11.9 Å². The summed E-state index contributed by atoms with van der Waals surface area (Å²) in [5.41, 5.74) is 0. The number of carbonyl (C=O) groups is 2. The first-order valence-electron chi connectivity index (χ1n) is 4.18. The van der Waals surface area contributed by atoms with Crippen LogP contribution in [0.5, 0.6) is 0 Å². The summed E-state index contributed by atoms with van der Waals surface area (Å²) in [4.78, 5) is 22.0. The molecule has 0 rings (SSSR count). The zero-order valence-corrected chi connectivity index (χ0v) is 8.49.